The van der Waals surface area contributed by atoms with Crippen LogP contribution in [0.5, 0.6) is 0 Å². The number of halogens is 2. The molecule has 0 unspecified atom stereocenters. The van der Waals surface area contributed by atoms with Crippen LogP contribution in [0.15, 0.2) is 48.5 Å². The standard InChI is InChI=1S/C15H11ClINO3/c16-11-3-1-2-10(8-11)15(20)21-9-14(19)18-13-6-4-12(17)5-7-13/h1-8H,9H2,(H,18,19). The summed E-state index contributed by atoms with van der Waals surface area (Å²) in [6.45, 7) is -0.350. The van der Waals surface area contributed by atoms with Gasteiger partial charge in [-0.15, -0.1) is 0 Å². The first-order chi connectivity index (χ1) is 10.0. The summed E-state index contributed by atoms with van der Waals surface area (Å²) >= 11 is 7.96. The third-order valence-electron chi connectivity index (χ3n) is 2.52. The van der Waals surface area contributed by atoms with Gasteiger partial charge in [0, 0.05) is 14.3 Å². The average molecular weight is 416 g/mol. The van der Waals surface area contributed by atoms with Crippen molar-refractivity contribution in [1.82, 2.24) is 0 Å². The minimum Gasteiger partial charge on any atom is -0.452 e. The molecule has 0 atom stereocenters. The quantitative estimate of drug-likeness (QED) is 0.611. The Morgan fingerprint density at radius 2 is 1.86 bits per heavy atom. The van der Waals surface area contributed by atoms with Crippen LogP contribution in [0.4, 0.5) is 5.69 Å². The van der Waals surface area contributed by atoms with Crippen molar-refractivity contribution in [2.45, 2.75) is 0 Å². The minimum atomic E-state index is -0.588. The van der Waals surface area contributed by atoms with Crippen molar-refractivity contribution in [2.75, 3.05) is 11.9 Å². The van der Waals surface area contributed by atoms with Crippen molar-refractivity contribution in [3.05, 3.63) is 62.7 Å². The fourth-order valence-electron chi connectivity index (χ4n) is 1.56. The van der Waals surface area contributed by atoms with Crippen LogP contribution >= 0.6 is 34.2 Å². The first-order valence-electron chi connectivity index (χ1n) is 6.03. The number of amides is 1. The lowest BCUT2D eigenvalue weighted by Crippen LogP contribution is -2.20. The van der Waals surface area contributed by atoms with Gasteiger partial charge in [-0.2, -0.15) is 0 Å². The molecule has 0 saturated heterocycles. The fourth-order valence-corrected chi connectivity index (χ4v) is 2.11. The van der Waals surface area contributed by atoms with E-state index in [0.29, 0.717) is 16.3 Å². The van der Waals surface area contributed by atoms with Crippen LogP contribution < -0.4 is 5.32 Å². The SMILES string of the molecule is O=C(COC(=O)c1cccc(Cl)c1)Nc1ccc(I)cc1. The Morgan fingerprint density at radius 3 is 2.52 bits per heavy atom. The number of hydrogen-bond donors (Lipinski definition) is 1. The van der Waals surface area contributed by atoms with Gasteiger partial charge in [0.2, 0.25) is 0 Å². The van der Waals surface area contributed by atoms with Crippen molar-refractivity contribution >= 4 is 51.8 Å². The van der Waals surface area contributed by atoms with Crippen molar-refractivity contribution in [3.63, 3.8) is 0 Å². The van der Waals surface area contributed by atoms with Crippen LogP contribution in [-0.4, -0.2) is 18.5 Å². The molecule has 2 rings (SSSR count). The maximum Gasteiger partial charge on any atom is 0.338 e. The second kappa shape index (κ2) is 7.42. The summed E-state index contributed by atoms with van der Waals surface area (Å²) in [5.74, 6) is -0.984. The Kier molecular flexibility index (Phi) is 5.58. The molecule has 4 nitrogen and oxygen atoms in total. The van der Waals surface area contributed by atoms with Crippen LogP contribution in [-0.2, 0) is 9.53 Å². The highest BCUT2D eigenvalue weighted by Crippen LogP contribution is 2.12. The van der Waals surface area contributed by atoms with Crippen molar-refractivity contribution < 1.29 is 14.3 Å². The van der Waals surface area contributed by atoms with Gasteiger partial charge < -0.3 is 10.1 Å². The Morgan fingerprint density at radius 1 is 1.14 bits per heavy atom. The number of hydrogen-bond acceptors (Lipinski definition) is 3. The van der Waals surface area contributed by atoms with Crippen molar-refractivity contribution in [2.24, 2.45) is 0 Å². The van der Waals surface area contributed by atoms with Gasteiger partial charge in [0.25, 0.3) is 5.91 Å². The second-order valence-corrected chi connectivity index (χ2v) is 5.82. The molecule has 1 amide bonds. The molecule has 0 heterocycles. The largest absolute Gasteiger partial charge is 0.452 e. The number of rotatable bonds is 4. The number of esters is 1. The van der Waals surface area contributed by atoms with Gasteiger partial charge in [0.1, 0.15) is 0 Å². The summed E-state index contributed by atoms with van der Waals surface area (Å²) in [5, 5.41) is 3.08. The Balaban J connectivity index is 1.86. The number of nitrogens with one attached hydrogen (secondary N) is 1. The smallest absolute Gasteiger partial charge is 0.338 e. The van der Waals surface area contributed by atoms with E-state index in [0.717, 1.165) is 3.57 Å². The van der Waals surface area contributed by atoms with Crippen molar-refractivity contribution in [1.29, 1.82) is 0 Å². The molecule has 1 N–H and O–H groups in total. The monoisotopic (exact) mass is 415 g/mol. The predicted molar refractivity (Wildman–Crippen MR) is 89.5 cm³/mol. The van der Waals surface area contributed by atoms with Gasteiger partial charge >= 0.3 is 5.97 Å². The molecule has 0 spiro atoms. The highest BCUT2D eigenvalue weighted by Gasteiger charge is 2.10. The number of carbonyl (C=O) groups is 2. The molecule has 0 radical (unpaired) electrons. The molecule has 0 aliphatic heterocycles. The summed E-state index contributed by atoms with van der Waals surface area (Å²) in [4.78, 5) is 23.4. The first kappa shape index (κ1) is 15.8. The van der Waals surface area contributed by atoms with Gasteiger partial charge in [0.15, 0.2) is 6.61 Å². The van der Waals surface area contributed by atoms with E-state index >= 15 is 0 Å². The molecule has 108 valence electrons. The third-order valence-corrected chi connectivity index (χ3v) is 3.48. The maximum absolute atomic E-state index is 11.7. The normalized spacial score (nSPS) is 10.0. The number of ether oxygens (including phenoxy) is 1. The summed E-state index contributed by atoms with van der Waals surface area (Å²) in [6, 6.07) is 13.7. The Hall–Kier alpha value is -1.60. The molecule has 2 aromatic rings. The zero-order valence-corrected chi connectivity index (χ0v) is 13.7. The number of anilines is 1. The Labute approximate surface area is 140 Å². The first-order valence-corrected chi connectivity index (χ1v) is 7.48. The van der Waals surface area contributed by atoms with E-state index in [1.165, 1.54) is 6.07 Å². The van der Waals surface area contributed by atoms with E-state index in [1.54, 1.807) is 30.3 Å². The molecule has 0 aliphatic rings. The second-order valence-electron chi connectivity index (χ2n) is 4.14. The van der Waals surface area contributed by atoms with Crippen LogP contribution in [0.1, 0.15) is 10.4 Å². The molecule has 0 aliphatic carbocycles. The van der Waals surface area contributed by atoms with Crippen LogP contribution in [0.2, 0.25) is 5.02 Å². The zero-order valence-electron chi connectivity index (χ0n) is 10.8. The summed E-state index contributed by atoms with van der Waals surface area (Å²) < 4.78 is 6.00. The number of benzene rings is 2. The minimum absolute atomic E-state index is 0.310. The van der Waals surface area contributed by atoms with Gasteiger partial charge in [0.05, 0.1) is 5.56 Å². The highest BCUT2D eigenvalue weighted by molar-refractivity contribution is 14.1. The molecule has 0 aromatic heterocycles. The van der Waals surface area contributed by atoms with Gasteiger partial charge in [-0.3, -0.25) is 4.79 Å². The van der Waals surface area contributed by atoms with Crippen LogP contribution in [0.25, 0.3) is 0 Å². The molecule has 21 heavy (non-hydrogen) atoms. The summed E-state index contributed by atoms with van der Waals surface area (Å²) in [6.07, 6.45) is 0. The lowest BCUT2D eigenvalue weighted by molar-refractivity contribution is -0.119. The van der Waals surface area contributed by atoms with E-state index in [-0.39, 0.29) is 6.61 Å². The van der Waals surface area contributed by atoms with E-state index in [4.69, 9.17) is 16.3 Å². The zero-order chi connectivity index (χ0) is 15.2. The van der Waals surface area contributed by atoms with Gasteiger partial charge in [-0.25, -0.2) is 4.79 Å². The molecule has 6 heteroatoms. The average Bonchev–Trinajstić information content (AvgIpc) is 2.47. The van der Waals surface area contributed by atoms with E-state index in [9.17, 15) is 9.59 Å². The van der Waals surface area contributed by atoms with Crippen LogP contribution in [0.3, 0.4) is 0 Å². The van der Waals surface area contributed by atoms with Crippen molar-refractivity contribution in [3.8, 4) is 0 Å². The fraction of sp³-hybridized carbons (Fsp3) is 0.0667. The number of carbonyl (C=O) groups excluding carboxylic acids is 2. The lowest BCUT2D eigenvalue weighted by atomic mass is 10.2. The molecule has 2 aromatic carbocycles. The van der Waals surface area contributed by atoms with Gasteiger partial charge in [-0.1, -0.05) is 17.7 Å². The summed E-state index contributed by atoms with van der Waals surface area (Å²) in [7, 11) is 0. The van der Waals surface area contributed by atoms with E-state index in [1.807, 2.05) is 12.1 Å². The summed E-state index contributed by atoms with van der Waals surface area (Å²) in [5.41, 5.74) is 0.962. The third kappa shape index (κ3) is 5.02. The molecular weight excluding hydrogens is 405 g/mol. The maximum atomic E-state index is 11.7. The predicted octanol–water partition coefficient (Wildman–Crippen LogP) is 3.74. The highest BCUT2D eigenvalue weighted by atomic mass is 127. The van der Waals surface area contributed by atoms with E-state index in [2.05, 4.69) is 27.9 Å². The molecule has 0 saturated carbocycles. The molecule has 0 fully saturated rings. The Bertz CT molecular complexity index is 658. The lowest BCUT2D eigenvalue weighted by Gasteiger charge is -2.07. The van der Waals surface area contributed by atoms with Gasteiger partial charge in [-0.05, 0) is 65.1 Å². The molecular formula is C15H11ClINO3. The topological polar surface area (TPSA) is 55.4 Å². The van der Waals surface area contributed by atoms with E-state index < -0.39 is 11.9 Å². The molecule has 0 bridgehead atoms. The van der Waals surface area contributed by atoms with Crippen LogP contribution in [0, 0.1) is 3.57 Å².